The van der Waals surface area contributed by atoms with Crippen molar-refractivity contribution >= 4 is 34.6 Å². The molecule has 0 spiro atoms. The monoisotopic (exact) mass is 428 g/mol. The summed E-state index contributed by atoms with van der Waals surface area (Å²) in [6, 6.07) is 11.8. The fourth-order valence-electron chi connectivity index (χ4n) is 3.88. The molecule has 1 unspecified atom stereocenters. The molecule has 1 aromatic heterocycles. The molecule has 1 atom stereocenters. The molecule has 0 saturated carbocycles. The van der Waals surface area contributed by atoms with E-state index >= 15 is 0 Å². The Kier molecular flexibility index (Phi) is 6.86. The number of nitrogens with zero attached hydrogens (tertiary/aromatic N) is 2. The Labute approximate surface area is 181 Å². The van der Waals surface area contributed by atoms with Gasteiger partial charge in [-0.25, -0.2) is 4.79 Å². The van der Waals surface area contributed by atoms with E-state index in [4.69, 9.17) is 4.74 Å². The molecule has 4 rings (SSSR count). The standard InChI is InChI=1S/C22H28N4O3S/c27-21(24-18-5-7-19(8-6-18)25-10-12-29-13-11-25)17-3-1-9-26(16-17)22(28)23-15-20-4-2-14-30-20/h2,4-8,14,17H,1,3,9-13,15-16H2,(H,23,28)(H,24,27). The van der Waals surface area contributed by atoms with Crippen molar-refractivity contribution in [2.24, 2.45) is 5.92 Å². The first-order valence-electron chi connectivity index (χ1n) is 10.5. The summed E-state index contributed by atoms with van der Waals surface area (Å²) in [5.41, 5.74) is 1.93. The van der Waals surface area contributed by atoms with Crippen molar-refractivity contribution in [1.82, 2.24) is 10.2 Å². The molecule has 2 aliphatic rings. The number of thiophene rings is 1. The molecule has 0 bridgehead atoms. The predicted octanol–water partition coefficient (Wildman–Crippen LogP) is 3.15. The van der Waals surface area contributed by atoms with Crippen LogP contribution in [0.5, 0.6) is 0 Å². The number of morpholine rings is 1. The summed E-state index contributed by atoms with van der Waals surface area (Å²) in [5.74, 6) is -0.213. The molecule has 160 valence electrons. The molecule has 3 amide bonds. The molecule has 2 N–H and O–H groups in total. The molecular weight excluding hydrogens is 400 g/mol. The summed E-state index contributed by atoms with van der Waals surface area (Å²) < 4.78 is 5.39. The lowest BCUT2D eigenvalue weighted by molar-refractivity contribution is -0.121. The summed E-state index contributed by atoms with van der Waals surface area (Å²) >= 11 is 1.62. The summed E-state index contributed by atoms with van der Waals surface area (Å²) in [4.78, 5) is 30.4. The number of piperidine rings is 1. The highest BCUT2D eigenvalue weighted by Crippen LogP contribution is 2.22. The van der Waals surface area contributed by atoms with Gasteiger partial charge in [-0.05, 0) is 48.6 Å². The molecule has 2 fully saturated rings. The van der Waals surface area contributed by atoms with Crippen molar-refractivity contribution in [2.75, 3.05) is 49.6 Å². The molecule has 2 aromatic rings. The minimum absolute atomic E-state index is 0.0233. The average Bonchev–Trinajstić information content (AvgIpc) is 3.32. The van der Waals surface area contributed by atoms with E-state index in [9.17, 15) is 9.59 Å². The van der Waals surface area contributed by atoms with Gasteiger partial charge in [0.1, 0.15) is 0 Å². The van der Waals surface area contributed by atoms with Crippen LogP contribution >= 0.6 is 11.3 Å². The highest BCUT2D eigenvalue weighted by atomic mass is 32.1. The first-order valence-corrected chi connectivity index (χ1v) is 11.4. The Morgan fingerprint density at radius 1 is 1.10 bits per heavy atom. The van der Waals surface area contributed by atoms with Crippen LogP contribution < -0.4 is 15.5 Å². The number of hydrogen-bond acceptors (Lipinski definition) is 5. The van der Waals surface area contributed by atoms with Crippen LogP contribution in [0.4, 0.5) is 16.2 Å². The molecule has 0 aliphatic carbocycles. The number of benzene rings is 1. The van der Waals surface area contributed by atoms with Crippen LogP contribution in [0.25, 0.3) is 0 Å². The van der Waals surface area contributed by atoms with E-state index in [-0.39, 0.29) is 17.9 Å². The number of amides is 3. The molecular formula is C22H28N4O3S. The third-order valence-corrected chi connectivity index (χ3v) is 6.46. The number of anilines is 2. The first kappa shape index (κ1) is 20.7. The molecule has 30 heavy (non-hydrogen) atoms. The smallest absolute Gasteiger partial charge is 0.317 e. The van der Waals surface area contributed by atoms with Gasteiger partial charge in [0, 0.05) is 42.4 Å². The van der Waals surface area contributed by atoms with E-state index in [0.29, 0.717) is 19.6 Å². The molecule has 3 heterocycles. The maximum atomic E-state index is 12.8. The second-order valence-corrected chi connectivity index (χ2v) is 8.69. The molecule has 2 saturated heterocycles. The van der Waals surface area contributed by atoms with E-state index in [1.54, 1.807) is 16.2 Å². The van der Waals surface area contributed by atoms with Gasteiger partial charge in [0.2, 0.25) is 5.91 Å². The Hall–Kier alpha value is -2.58. The van der Waals surface area contributed by atoms with Crippen LogP contribution in [0.1, 0.15) is 17.7 Å². The average molecular weight is 429 g/mol. The molecule has 2 aliphatic heterocycles. The first-order chi connectivity index (χ1) is 14.7. The van der Waals surface area contributed by atoms with Crippen LogP contribution in [0.2, 0.25) is 0 Å². The van der Waals surface area contributed by atoms with Gasteiger partial charge < -0.3 is 25.2 Å². The van der Waals surface area contributed by atoms with Gasteiger partial charge >= 0.3 is 6.03 Å². The van der Waals surface area contributed by atoms with E-state index in [0.717, 1.165) is 55.4 Å². The Balaban J connectivity index is 1.28. The lowest BCUT2D eigenvalue weighted by atomic mass is 9.97. The molecule has 7 nitrogen and oxygen atoms in total. The second kappa shape index (κ2) is 9.95. The van der Waals surface area contributed by atoms with Crippen molar-refractivity contribution in [3.8, 4) is 0 Å². The van der Waals surface area contributed by atoms with E-state index < -0.39 is 0 Å². The zero-order valence-corrected chi connectivity index (χ0v) is 17.8. The van der Waals surface area contributed by atoms with Gasteiger partial charge in [-0.3, -0.25) is 4.79 Å². The van der Waals surface area contributed by atoms with Gasteiger partial charge in [-0.15, -0.1) is 11.3 Å². The van der Waals surface area contributed by atoms with E-state index in [1.165, 1.54) is 0 Å². The highest BCUT2D eigenvalue weighted by Gasteiger charge is 2.28. The van der Waals surface area contributed by atoms with Crippen molar-refractivity contribution in [3.63, 3.8) is 0 Å². The number of nitrogens with one attached hydrogen (secondary N) is 2. The Bertz CT molecular complexity index is 835. The topological polar surface area (TPSA) is 73.9 Å². The molecule has 8 heteroatoms. The summed E-state index contributed by atoms with van der Waals surface area (Å²) in [5, 5.41) is 7.97. The predicted molar refractivity (Wildman–Crippen MR) is 119 cm³/mol. The van der Waals surface area contributed by atoms with Crippen LogP contribution in [-0.2, 0) is 16.1 Å². The normalized spacial score (nSPS) is 19.4. The third kappa shape index (κ3) is 5.31. The van der Waals surface area contributed by atoms with Gasteiger partial charge in [-0.2, -0.15) is 0 Å². The second-order valence-electron chi connectivity index (χ2n) is 7.66. The van der Waals surface area contributed by atoms with E-state index in [2.05, 4.69) is 15.5 Å². The number of urea groups is 1. The zero-order chi connectivity index (χ0) is 20.8. The van der Waals surface area contributed by atoms with Crippen molar-refractivity contribution < 1.29 is 14.3 Å². The SMILES string of the molecule is O=C(Nc1ccc(N2CCOCC2)cc1)C1CCCN(C(=O)NCc2cccs2)C1. The number of hydrogen-bond donors (Lipinski definition) is 2. The Morgan fingerprint density at radius 3 is 2.63 bits per heavy atom. The number of rotatable bonds is 5. The van der Waals surface area contributed by atoms with Gasteiger partial charge in [0.15, 0.2) is 0 Å². The lowest BCUT2D eigenvalue weighted by Gasteiger charge is -2.32. The van der Waals surface area contributed by atoms with Gasteiger partial charge in [-0.1, -0.05) is 6.07 Å². The Morgan fingerprint density at radius 2 is 1.90 bits per heavy atom. The van der Waals surface area contributed by atoms with Crippen LogP contribution in [-0.4, -0.2) is 56.2 Å². The maximum Gasteiger partial charge on any atom is 0.317 e. The van der Waals surface area contributed by atoms with Crippen molar-refractivity contribution in [1.29, 1.82) is 0 Å². The highest BCUT2D eigenvalue weighted by molar-refractivity contribution is 7.09. The number of carbonyl (C=O) groups excluding carboxylic acids is 2. The maximum absolute atomic E-state index is 12.8. The summed E-state index contributed by atoms with van der Waals surface area (Å²) in [6.07, 6.45) is 1.63. The fourth-order valence-corrected chi connectivity index (χ4v) is 4.53. The lowest BCUT2D eigenvalue weighted by Crippen LogP contribution is -2.47. The van der Waals surface area contributed by atoms with Crippen LogP contribution in [0, 0.1) is 5.92 Å². The van der Waals surface area contributed by atoms with Crippen LogP contribution in [0.15, 0.2) is 41.8 Å². The third-order valence-electron chi connectivity index (χ3n) is 5.58. The largest absolute Gasteiger partial charge is 0.378 e. The van der Waals surface area contributed by atoms with Crippen LogP contribution in [0.3, 0.4) is 0 Å². The van der Waals surface area contributed by atoms with Crippen molar-refractivity contribution in [2.45, 2.75) is 19.4 Å². The van der Waals surface area contributed by atoms with Gasteiger partial charge in [0.25, 0.3) is 0 Å². The van der Waals surface area contributed by atoms with Gasteiger partial charge in [0.05, 0.1) is 25.7 Å². The molecule has 0 radical (unpaired) electrons. The quantitative estimate of drug-likeness (QED) is 0.767. The summed E-state index contributed by atoms with van der Waals surface area (Å²) in [7, 11) is 0. The van der Waals surface area contributed by atoms with E-state index in [1.807, 2.05) is 41.8 Å². The minimum atomic E-state index is -0.190. The zero-order valence-electron chi connectivity index (χ0n) is 17.0. The van der Waals surface area contributed by atoms with Crippen molar-refractivity contribution in [3.05, 3.63) is 46.7 Å². The summed E-state index contributed by atoms with van der Waals surface area (Å²) in [6.45, 7) is 4.94. The number of ether oxygens (including phenoxy) is 1. The number of carbonyl (C=O) groups is 2. The minimum Gasteiger partial charge on any atom is -0.378 e. The number of likely N-dealkylation sites (tertiary alicyclic amines) is 1. The molecule has 1 aromatic carbocycles. The fraction of sp³-hybridized carbons (Fsp3) is 0.455.